The summed E-state index contributed by atoms with van der Waals surface area (Å²) in [6.45, 7) is 8.93. The Morgan fingerprint density at radius 2 is 2.08 bits per heavy atom. The van der Waals surface area contributed by atoms with E-state index in [1.165, 1.54) is 6.08 Å². The maximum Gasteiger partial charge on any atom is 0.0824 e. The molecule has 0 aliphatic heterocycles. The number of rotatable bonds is 4. The Morgan fingerprint density at radius 1 is 1.58 bits per heavy atom. The van der Waals surface area contributed by atoms with E-state index in [4.69, 9.17) is 0 Å². The van der Waals surface area contributed by atoms with Crippen molar-refractivity contribution in [2.45, 2.75) is 38.9 Å². The molecule has 0 aliphatic rings. The fraction of sp³-hybridized carbons (Fsp3) is 0.600. The summed E-state index contributed by atoms with van der Waals surface area (Å²) in [6.07, 6.45) is 2.86. The number of aliphatic hydroxyl groups is 2. The summed E-state index contributed by atoms with van der Waals surface area (Å²) in [5.41, 5.74) is 0.0631. The summed E-state index contributed by atoms with van der Waals surface area (Å²) in [6, 6.07) is 0. The Hall–Kier alpha value is -0.600. The molecule has 2 unspecified atom stereocenters. The molecule has 0 spiro atoms. The standard InChI is InChI=1S/C10H18O2/c1-5-10(4,12)7-9(11)6-8(2)3/h5-6,9,11-12H,1,7H2,2-4H3. The first-order chi connectivity index (χ1) is 5.37. The van der Waals surface area contributed by atoms with Crippen LogP contribution in [-0.2, 0) is 0 Å². The Morgan fingerprint density at radius 3 is 2.42 bits per heavy atom. The van der Waals surface area contributed by atoms with Crippen LogP contribution < -0.4 is 0 Å². The van der Waals surface area contributed by atoms with Crippen LogP contribution in [0.25, 0.3) is 0 Å². The Labute approximate surface area is 74.2 Å². The highest BCUT2D eigenvalue weighted by atomic mass is 16.3. The van der Waals surface area contributed by atoms with Gasteiger partial charge in [0.05, 0.1) is 11.7 Å². The second-order valence-corrected chi connectivity index (χ2v) is 3.58. The summed E-state index contributed by atoms with van der Waals surface area (Å²) >= 11 is 0. The van der Waals surface area contributed by atoms with Gasteiger partial charge in [-0.1, -0.05) is 17.7 Å². The fourth-order valence-electron chi connectivity index (χ4n) is 0.950. The first-order valence-corrected chi connectivity index (χ1v) is 4.06. The predicted molar refractivity (Wildman–Crippen MR) is 50.9 cm³/mol. The van der Waals surface area contributed by atoms with Gasteiger partial charge in [-0.05, 0) is 20.8 Å². The van der Waals surface area contributed by atoms with Crippen LogP contribution in [0.1, 0.15) is 27.2 Å². The summed E-state index contributed by atoms with van der Waals surface area (Å²) in [7, 11) is 0. The number of hydrogen-bond acceptors (Lipinski definition) is 2. The molecule has 12 heavy (non-hydrogen) atoms. The second kappa shape index (κ2) is 4.43. The molecule has 0 bridgehead atoms. The van der Waals surface area contributed by atoms with Gasteiger partial charge in [-0.25, -0.2) is 0 Å². The van der Waals surface area contributed by atoms with Gasteiger partial charge in [0.15, 0.2) is 0 Å². The van der Waals surface area contributed by atoms with E-state index >= 15 is 0 Å². The lowest BCUT2D eigenvalue weighted by Crippen LogP contribution is -2.26. The SMILES string of the molecule is C=CC(C)(O)CC(O)C=C(C)C. The van der Waals surface area contributed by atoms with Crippen molar-refractivity contribution < 1.29 is 10.2 Å². The van der Waals surface area contributed by atoms with Crippen molar-refractivity contribution in [1.29, 1.82) is 0 Å². The van der Waals surface area contributed by atoms with Crippen LogP contribution in [0.2, 0.25) is 0 Å². The van der Waals surface area contributed by atoms with Crippen molar-refractivity contribution in [3.8, 4) is 0 Å². The van der Waals surface area contributed by atoms with Crippen molar-refractivity contribution in [2.75, 3.05) is 0 Å². The maximum atomic E-state index is 9.50. The van der Waals surface area contributed by atoms with E-state index in [2.05, 4.69) is 6.58 Å². The molecular formula is C10H18O2. The minimum absolute atomic E-state index is 0.293. The molecule has 0 saturated heterocycles. The highest BCUT2D eigenvalue weighted by Gasteiger charge is 2.18. The molecule has 2 N–H and O–H groups in total. The molecule has 0 aromatic heterocycles. The second-order valence-electron chi connectivity index (χ2n) is 3.58. The number of aliphatic hydroxyl groups excluding tert-OH is 1. The monoisotopic (exact) mass is 170 g/mol. The summed E-state index contributed by atoms with van der Waals surface area (Å²) in [5.74, 6) is 0. The molecule has 0 aromatic carbocycles. The van der Waals surface area contributed by atoms with Crippen LogP contribution >= 0.6 is 0 Å². The lowest BCUT2D eigenvalue weighted by molar-refractivity contribution is 0.0574. The van der Waals surface area contributed by atoms with Gasteiger partial charge in [-0.15, -0.1) is 6.58 Å². The predicted octanol–water partition coefficient (Wildman–Crippen LogP) is 1.64. The van der Waals surface area contributed by atoms with Crippen LogP contribution in [0, 0.1) is 0 Å². The van der Waals surface area contributed by atoms with E-state index in [1.807, 2.05) is 13.8 Å². The molecule has 0 amide bonds. The molecule has 0 fully saturated rings. The third-order valence-electron chi connectivity index (χ3n) is 1.59. The molecule has 0 heterocycles. The van der Waals surface area contributed by atoms with Crippen LogP contribution in [0.3, 0.4) is 0 Å². The van der Waals surface area contributed by atoms with Crippen molar-refractivity contribution in [3.05, 3.63) is 24.3 Å². The van der Waals surface area contributed by atoms with Crippen LogP contribution in [0.15, 0.2) is 24.3 Å². The molecule has 2 nitrogen and oxygen atoms in total. The maximum absolute atomic E-state index is 9.50. The van der Waals surface area contributed by atoms with E-state index in [0.717, 1.165) is 5.57 Å². The molecule has 70 valence electrons. The van der Waals surface area contributed by atoms with Gasteiger partial charge in [0.25, 0.3) is 0 Å². The lowest BCUT2D eigenvalue weighted by atomic mass is 9.98. The average Bonchev–Trinajstić information content (AvgIpc) is 1.84. The van der Waals surface area contributed by atoms with Crippen LogP contribution in [0.5, 0.6) is 0 Å². The third-order valence-corrected chi connectivity index (χ3v) is 1.59. The van der Waals surface area contributed by atoms with Gasteiger partial charge >= 0.3 is 0 Å². The first kappa shape index (κ1) is 11.4. The number of allylic oxidation sites excluding steroid dienone is 1. The first-order valence-electron chi connectivity index (χ1n) is 4.06. The Balaban J connectivity index is 4.09. The minimum Gasteiger partial charge on any atom is -0.389 e. The molecule has 2 heteroatoms. The summed E-state index contributed by atoms with van der Waals surface area (Å²) in [5, 5.41) is 18.9. The van der Waals surface area contributed by atoms with Gasteiger partial charge in [0.1, 0.15) is 0 Å². The lowest BCUT2D eigenvalue weighted by Gasteiger charge is -2.20. The van der Waals surface area contributed by atoms with E-state index < -0.39 is 11.7 Å². The van der Waals surface area contributed by atoms with E-state index in [0.29, 0.717) is 6.42 Å². The summed E-state index contributed by atoms with van der Waals surface area (Å²) < 4.78 is 0. The zero-order valence-electron chi connectivity index (χ0n) is 8.04. The van der Waals surface area contributed by atoms with E-state index in [9.17, 15) is 10.2 Å². The quantitative estimate of drug-likeness (QED) is 0.630. The Bertz CT molecular complexity index is 176. The van der Waals surface area contributed by atoms with Crippen molar-refractivity contribution in [1.82, 2.24) is 0 Å². The van der Waals surface area contributed by atoms with Gasteiger partial charge in [0, 0.05) is 6.42 Å². The highest BCUT2D eigenvalue weighted by Crippen LogP contribution is 2.14. The smallest absolute Gasteiger partial charge is 0.0824 e. The van der Waals surface area contributed by atoms with Gasteiger partial charge in [0.2, 0.25) is 0 Å². The van der Waals surface area contributed by atoms with Gasteiger partial charge < -0.3 is 10.2 Å². The summed E-state index contributed by atoms with van der Waals surface area (Å²) in [4.78, 5) is 0. The molecule has 2 atom stereocenters. The average molecular weight is 170 g/mol. The number of hydrogen-bond donors (Lipinski definition) is 2. The van der Waals surface area contributed by atoms with E-state index in [-0.39, 0.29) is 0 Å². The third kappa shape index (κ3) is 5.10. The van der Waals surface area contributed by atoms with Crippen molar-refractivity contribution >= 4 is 0 Å². The van der Waals surface area contributed by atoms with Crippen molar-refractivity contribution in [3.63, 3.8) is 0 Å². The molecule has 0 saturated carbocycles. The van der Waals surface area contributed by atoms with Crippen LogP contribution in [0.4, 0.5) is 0 Å². The molecule has 0 rings (SSSR count). The molecule has 0 radical (unpaired) electrons. The van der Waals surface area contributed by atoms with Gasteiger partial charge in [-0.3, -0.25) is 0 Å². The normalized spacial score (nSPS) is 17.8. The van der Waals surface area contributed by atoms with Crippen molar-refractivity contribution in [2.24, 2.45) is 0 Å². The highest BCUT2D eigenvalue weighted by molar-refractivity contribution is 5.02. The zero-order valence-corrected chi connectivity index (χ0v) is 8.04. The van der Waals surface area contributed by atoms with E-state index in [1.54, 1.807) is 13.0 Å². The molecular weight excluding hydrogens is 152 g/mol. The minimum atomic E-state index is -0.981. The Kier molecular flexibility index (Phi) is 4.21. The van der Waals surface area contributed by atoms with Crippen LogP contribution in [-0.4, -0.2) is 21.9 Å². The zero-order chi connectivity index (χ0) is 9.78. The largest absolute Gasteiger partial charge is 0.389 e. The van der Waals surface area contributed by atoms with Gasteiger partial charge in [-0.2, -0.15) is 0 Å². The fourth-order valence-corrected chi connectivity index (χ4v) is 0.950. The molecule has 0 aromatic rings. The molecule has 0 aliphatic carbocycles. The topological polar surface area (TPSA) is 40.5 Å².